The predicted octanol–water partition coefficient (Wildman–Crippen LogP) is 2.00. The molecule has 0 saturated heterocycles. The minimum absolute atomic E-state index is 0.101. The highest BCUT2D eigenvalue weighted by Gasteiger charge is 2.05. The standard InChI is InChI=1S/C10H15NO2/c1-4-6-7-9(3)11(5-2)8-10(12)13/h5-7H,2-4,8H2,1H3,(H,12,13)/b7-6-. The monoisotopic (exact) mass is 181 g/mol. The van der Waals surface area contributed by atoms with E-state index in [-0.39, 0.29) is 6.54 Å². The van der Waals surface area contributed by atoms with Gasteiger partial charge in [-0.15, -0.1) is 0 Å². The Morgan fingerprint density at radius 2 is 2.23 bits per heavy atom. The van der Waals surface area contributed by atoms with E-state index in [2.05, 4.69) is 13.2 Å². The summed E-state index contributed by atoms with van der Waals surface area (Å²) in [6.07, 6.45) is 6.05. The van der Waals surface area contributed by atoms with Crippen LogP contribution in [0.25, 0.3) is 0 Å². The zero-order chi connectivity index (χ0) is 10.3. The van der Waals surface area contributed by atoms with E-state index >= 15 is 0 Å². The molecule has 3 nitrogen and oxygen atoms in total. The Morgan fingerprint density at radius 3 is 2.62 bits per heavy atom. The van der Waals surface area contributed by atoms with E-state index < -0.39 is 5.97 Å². The molecular weight excluding hydrogens is 166 g/mol. The van der Waals surface area contributed by atoms with Crippen LogP contribution in [0.1, 0.15) is 13.3 Å². The molecule has 0 aromatic heterocycles. The number of carboxylic acid groups (broad SMARTS) is 1. The van der Waals surface area contributed by atoms with Crippen LogP contribution >= 0.6 is 0 Å². The fraction of sp³-hybridized carbons (Fsp3) is 0.300. The third-order valence-electron chi connectivity index (χ3n) is 1.44. The molecule has 0 aliphatic heterocycles. The van der Waals surface area contributed by atoms with Crippen molar-refractivity contribution < 1.29 is 9.90 Å². The summed E-state index contributed by atoms with van der Waals surface area (Å²) in [6.45, 7) is 9.13. The molecule has 0 aliphatic rings. The van der Waals surface area contributed by atoms with Gasteiger partial charge in [0.1, 0.15) is 6.54 Å². The SMILES string of the molecule is C=CN(CC(=O)O)C(=C)/C=C\CC. The molecule has 0 aromatic rings. The maximum Gasteiger partial charge on any atom is 0.323 e. The third kappa shape index (κ3) is 4.85. The van der Waals surface area contributed by atoms with E-state index in [0.717, 1.165) is 6.42 Å². The van der Waals surface area contributed by atoms with Crippen LogP contribution in [0.5, 0.6) is 0 Å². The first kappa shape index (κ1) is 11.5. The number of nitrogens with zero attached hydrogens (tertiary/aromatic N) is 1. The summed E-state index contributed by atoms with van der Waals surface area (Å²) in [4.78, 5) is 11.9. The molecule has 1 N–H and O–H groups in total. The van der Waals surface area contributed by atoms with Crippen LogP contribution in [-0.2, 0) is 4.79 Å². The van der Waals surface area contributed by atoms with Crippen molar-refractivity contribution in [3.8, 4) is 0 Å². The predicted molar refractivity (Wildman–Crippen MR) is 53.1 cm³/mol. The van der Waals surface area contributed by atoms with Gasteiger partial charge in [0.2, 0.25) is 0 Å². The van der Waals surface area contributed by atoms with Crippen molar-refractivity contribution in [3.05, 3.63) is 37.2 Å². The van der Waals surface area contributed by atoms with Gasteiger partial charge in [0.25, 0.3) is 0 Å². The molecular formula is C10H15NO2. The Bertz CT molecular complexity index is 231. The summed E-state index contributed by atoms with van der Waals surface area (Å²) in [6, 6.07) is 0. The number of hydrogen-bond acceptors (Lipinski definition) is 2. The van der Waals surface area contributed by atoms with Crippen molar-refractivity contribution in [2.75, 3.05) is 6.54 Å². The molecule has 0 radical (unpaired) electrons. The summed E-state index contributed by atoms with van der Waals surface area (Å²) in [5.74, 6) is -0.897. The summed E-state index contributed by atoms with van der Waals surface area (Å²) in [5, 5.41) is 8.53. The largest absolute Gasteiger partial charge is 0.480 e. The summed E-state index contributed by atoms with van der Waals surface area (Å²) in [7, 11) is 0. The van der Waals surface area contributed by atoms with Crippen molar-refractivity contribution in [1.82, 2.24) is 4.90 Å². The second-order valence-corrected chi connectivity index (χ2v) is 2.51. The van der Waals surface area contributed by atoms with Gasteiger partial charge in [-0.2, -0.15) is 0 Å². The highest BCUT2D eigenvalue weighted by Crippen LogP contribution is 2.03. The molecule has 0 aliphatic carbocycles. The van der Waals surface area contributed by atoms with Crippen LogP contribution in [0.3, 0.4) is 0 Å². The maximum atomic E-state index is 10.4. The van der Waals surface area contributed by atoms with Gasteiger partial charge in [-0.1, -0.05) is 26.2 Å². The second-order valence-electron chi connectivity index (χ2n) is 2.51. The second kappa shape index (κ2) is 6.06. The molecule has 0 bridgehead atoms. The maximum absolute atomic E-state index is 10.4. The summed E-state index contributed by atoms with van der Waals surface area (Å²) in [5.41, 5.74) is 0.638. The van der Waals surface area contributed by atoms with Gasteiger partial charge in [-0.05, 0) is 18.7 Å². The summed E-state index contributed by atoms with van der Waals surface area (Å²) >= 11 is 0. The van der Waals surface area contributed by atoms with E-state index in [0.29, 0.717) is 5.70 Å². The lowest BCUT2D eigenvalue weighted by molar-refractivity contribution is -0.137. The van der Waals surface area contributed by atoms with Crippen molar-refractivity contribution in [3.63, 3.8) is 0 Å². The van der Waals surface area contributed by atoms with Crippen LogP contribution < -0.4 is 0 Å². The van der Waals surface area contributed by atoms with E-state index in [1.165, 1.54) is 11.1 Å². The minimum atomic E-state index is -0.897. The molecule has 0 atom stereocenters. The average Bonchev–Trinajstić information content (AvgIpc) is 2.09. The van der Waals surface area contributed by atoms with E-state index in [9.17, 15) is 4.79 Å². The van der Waals surface area contributed by atoms with Gasteiger partial charge in [-0.3, -0.25) is 4.79 Å². The minimum Gasteiger partial charge on any atom is -0.480 e. The van der Waals surface area contributed by atoms with Gasteiger partial charge in [-0.25, -0.2) is 0 Å². The molecule has 0 rings (SSSR count). The molecule has 13 heavy (non-hydrogen) atoms. The molecule has 0 saturated carbocycles. The molecule has 0 amide bonds. The average molecular weight is 181 g/mol. The van der Waals surface area contributed by atoms with Crippen LogP contribution in [0.2, 0.25) is 0 Å². The number of allylic oxidation sites excluding steroid dienone is 2. The highest BCUT2D eigenvalue weighted by molar-refractivity contribution is 5.69. The van der Waals surface area contributed by atoms with Crippen LogP contribution in [0.4, 0.5) is 0 Å². The van der Waals surface area contributed by atoms with E-state index in [1.807, 2.05) is 13.0 Å². The quantitative estimate of drug-likeness (QED) is 0.637. The molecule has 3 heteroatoms. The number of carboxylic acids is 1. The number of hydrogen-bond donors (Lipinski definition) is 1. The third-order valence-corrected chi connectivity index (χ3v) is 1.44. The van der Waals surface area contributed by atoms with Gasteiger partial charge in [0.15, 0.2) is 0 Å². The molecule has 72 valence electrons. The van der Waals surface area contributed by atoms with Gasteiger partial charge in [0.05, 0.1) is 0 Å². The van der Waals surface area contributed by atoms with Crippen LogP contribution in [0, 0.1) is 0 Å². The fourth-order valence-electron chi connectivity index (χ4n) is 0.779. The first-order valence-corrected chi connectivity index (χ1v) is 4.08. The summed E-state index contributed by atoms with van der Waals surface area (Å²) < 4.78 is 0. The molecule has 0 aromatic carbocycles. The molecule has 0 fully saturated rings. The van der Waals surface area contributed by atoms with E-state index in [4.69, 9.17) is 5.11 Å². The smallest absolute Gasteiger partial charge is 0.323 e. The van der Waals surface area contributed by atoms with Crippen LogP contribution in [-0.4, -0.2) is 22.5 Å². The normalized spacial score (nSPS) is 9.92. The van der Waals surface area contributed by atoms with Gasteiger partial charge < -0.3 is 10.0 Å². The van der Waals surface area contributed by atoms with Crippen molar-refractivity contribution >= 4 is 5.97 Å². The number of carbonyl (C=O) groups is 1. The molecule has 0 spiro atoms. The Hall–Kier alpha value is -1.51. The lowest BCUT2D eigenvalue weighted by atomic mass is 10.3. The Kier molecular flexibility index (Phi) is 5.35. The lowest BCUT2D eigenvalue weighted by Gasteiger charge is -2.17. The fourth-order valence-corrected chi connectivity index (χ4v) is 0.779. The number of rotatable bonds is 6. The van der Waals surface area contributed by atoms with Crippen molar-refractivity contribution in [1.29, 1.82) is 0 Å². The highest BCUT2D eigenvalue weighted by atomic mass is 16.4. The van der Waals surface area contributed by atoms with E-state index in [1.54, 1.807) is 6.08 Å². The van der Waals surface area contributed by atoms with Gasteiger partial charge >= 0.3 is 5.97 Å². The zero-order valence-electron chi connectivity index (χ0n) is 7.86. The number of aliphatic carboxylic acids is 1. The lowest BCUT2D eigenvalue weighted by Crippen LogP contribution is -2.22. The first-order chi connectivity index (χ1) is 6.11. The topological polar surface area (TPSA) is 40.5 Å². The molecule has 0 unspecified atom stereocenters. The molecule has 0 heterocycles. The first-order valence-electron chi connectivity index (χ1n) is 4.08. The van der Waals surface area contributed by atoms with Gasteiger partial charge in [0, 0.05) is 5.70 Å². The Balaban J connectivity index is 4.23. The Labute approximate surface area is 78.7 Å². The Morgan fingerprint density at radius 1 is 1.62 bits per heavy atom. The van der Waals surface area contributed by atoms with Crippen LogP contribution in [0.15, 0.2) is 37.2 Å². The van der Waals surface area contributed by atoms with Crippen molar-refractivity contribution in [2.45, 2.75) is 13.3 Å². The zero-order valence-corrected chi connectivity index (χ0v) is 7.86. The van der Waals surface area contributed by atoms with Crippen molar-refractivity contribution in [2.24, 2.45) is 0 Å².